The Labute approximate surface area is 86.5 Å². The lowest BCUT2D eigenvalue weighted by molar-refractivity contribution is 0.489. The van der Waals surface area contributed by atoms with Crippen LogP contribution in [0.5, 0.6) is 0 Å². The molecule has 0 bridgehead atoms. The summed E-state index contributed by atoms with van der Waals surface area (Å²) in [5.74, 6) is 0. The molecule has 0 atom stereocenters. The maximum absolute atomic E-state index is 3.63. The third-order valence-electron chi connectivity index (χ3n) is 3.14. The lowest BCUT2D eigenvalue weighted by Crippen LogP contribution is -2.36. The van der Waals surface area contributed by atoms with Crippen molar-refractivity contribution in [1.29, 1.82) is 0 Å². The van der Waals surface area contributed by atoms with Crippen molar-refractivity contribution >= 4 is 0 Å². The Kier molecular flexibility index (Phi) is 2.60. The molecule has 14 heavy (non-hydrogen) atoms. The molecule has 1 aliphatic heterocycles. The first-order chi connectivity index (χ1) is 6.91. The summed E-state index contributed by atoms with van der Waals surface area (Å²) in [6.45, 7) is 5.16. The van der Waals surface area contributed by atoms with Crippen LogP contribution >= 0.6 is 0 Å². The number of hydrogen-bond donors (Lipinski definition) is 1. The molecular formula is C13H19N. The molecule has 1 nitrogen and oxygen atoms in total. The molecule has 1 aromatic rings. The van der Waals surface area contributed by atoms with E-state index in [4.69, 9.17) is 0 Å². The minimum absolute atomic E-state index is 0.412. The summed E-state index contributed by atoms with van der Waals surface area (Å²) < 4.78 is 0. The van der Waals surface area contributed by atoms with E-state index in [9.17, 15) is 0 Å². The third kappa shape index (κ3) is 1.46. The van der Waals surface area contributed by atoms with E-state index in [1.165, 1.54) is 19.3 Å². The summed E-state index contributed by atoms with van der Waals surface area (Å²) in [5.41, 5.74) is 3.54. The van der Waals surface area contributed by atoms with Crippen LogP contribution in [0.25, 0.3) is 0 Å². The second-order valence-electron chi connectivity index (χ2n) is 3.92. The second kappa shape index (κ2) is 3.74. The first kappa shape index (κ1) is 9.72. The van der Waals surface area contributed by atoms with E-state index in [1.807, 2.05) is 13.8 Å². The van der Waals surface area contributed by atoms with E-state index < -0.39 is 0 Å². The fourth-order valence-electron chi connectivity index (χ4n) is 2.31. The maximum Gasteiger partial charge on any atom is 0.0439 e. The molecule has 2 aliphatic rings. The third-order valence-corrected chi connectivity index (χ3v) is 3.14. The summed E-state index contributed by atoms with van der Waals surface area (Å²) >= 11 is 0. The number of rotatable bonds is 0. The van der Waals surface area contributed by atoms with Crippen LogP contribution in [0.15, 0.2) is 24.3 Å². The van der Waals surface area contributed by atoms with Gasteiger partial charge in [0.05, 0.1) is 0 Å². The molecule has 0 unspecified atom stereocenters. The molecule has 1 spiro atoms. The van der Waals surface area contributed by atoms with Crippen LogP contribution in [0.3, 0.4) is 0 Å². The van der Waals surface area contributed by atoms with Gasteiger partial charge in [-0.2, -0.15) is 0 Å². The van der Waals surface area contributed by atoms with Gasteiger partial charge in [-0.15, -0.1) is 0 Å². The van der Waals surface area contributed by atoms with E-state index in [2.05, 4.69) is 29.6 Å². The van der Waals surface area contributed by atoms with Crippen LogP contribution in [0.1, 0.15) is 37.8 Å². The van der Waals surface area contributed by atoms with Gasteiger partial charge in [0.25, 0.3) is 0 Å². The van der Waals surface area contributed by atoms with Crippen LogP contribution in [0, 0.1) is 0 Å². The highest BCUT2D eigenvalue weighted by atomic mass is 15.0. The number of fused-ring (bicyclic) bond motifs is 2. The van der Waals surface area contributed by atoms with Crippen molar-refractivity contribution < 1.29 is 0 Å². The van der Waals surface area contributed by atoms with E-state index in [0.29, 0.717) is 5.54 Å². The Hall–Kier alpha value is -0.820. The summed E-state index contributed by atoms with van der Waals surface area (Å²) in [4.78, 5) is 0. The highest BCUT2D eigenvalue weighted by Gasteiger charge is 2.46. The maximum atomic E-state index is 3.63. The van der Waals surface area contributed by atoms with E-state index in [-0.39, 0.29) is 0 Å². The number of nitrogens with one attached hydrogen (secondary N) is 1. The van der Waals surface area contributed by atoms with Crippen molar-refractivity contribution in [2.75, 3.05) is 6.54 Å². The Morgan fingerprint density at radius 2 is 1.86 bits per heavy atom. The van der Waals surface area contributed by atoms with Crippen LogP contribution in [0.2, 0.25) is 0 Å². The van der Waals surface area contributed by atoms with E-state index in [1.54, 1.807) is 11.1 Å². The minimum atomic E-state index is 0.412. The topological polar surface area (TPSA) is 12.0 Å². The highest BCUT2D eigenvalue weighted by molar-refractivity contribution is 5.39. The first-order valence-electron chi connectivity index (χ1n) is 5.74. The molecule has 3 rings (SSSR count). The predicted molar refractivity (Wildman–Crippen MR) is 60.4 cm³/mol. The molecule has 0 saturated heterocycles. The molecule has 0 amide bonds. The molecule has 0 aromatic heterocycles. The lowest BCUT2D eigenvalue weighted by Gasteiger charge is -2.26. The zero-order valence-electron chi connectivity index (χ0n) is 9.14. The lowest BCUT2D eigenvalue weighted by atomic mass is 9.93. The van der Waals surface area contributed by atoms with Gasteiger partial charge < -0.3 is 5.32 Å². The Bertz CT molecular complexity index is 313. The molecule has 1 N–H and O–H groups in total. The summed E-state index contributed by atoms with van der Waals surface area (Å²) in [6, 6.07) is 8.87. The normalized spacial score (nSPS) is 20.7. The van der Waals surface area contributed by atoms with E-state index in [0.717, 1.165) is 6.54 Å². The highest BCUT2D eigenvalue weighted by Crippen LogP contribution is 2.48. The van der Waals surface area contributed by atoms with Gasteiger partial charge in [0.15, 0.2) is 0 Å². The van der Waals surface area contributed by atoms with Gasteiger partial charge in [-0.3, -0.25) is 0 Å². The van der Waals surface area contributed by atoms with Gasteiger partial charge in [-0.25, -0.2) is 0 Å². The average Bonchev–Trinajstić information content (AvgIpc) is 3.03. The summed E-state index contributed by atoms with van der Waals surface area (Å²) in [6.07, 6.45) is 3.88. The standard InChI is InChI=1S/C11H13N.C2H6/c1-2-4-10-9(3-1)5-8-12-11(10)6-7-11;1-2/h1-4,12H,5-8H2;1-2H3. The monoisotopic (exact) mass is 189 g/mol. The van der Waals surface area contributed by atoms with Crippen LogP contribution in [-0.2, 0) is 12.0 Å². The molecule has 1 saturated carbocycles. The van der Waals surface area contributed by atoms with Gasteiger partial charge in [0, 0.05) is 12.1 Å². The fraction of sp³-hybridized carbons (Fsp3) is 0.538. The van der Waals surface area contributed by atoms with Gasteiger partial charge in [0.1, 0.15) is 0 Å². The van der Waals surface area contributed by atoms with Gasteiger partial charge in [-0.05, 0) is 30.4 Å². The molecular weight excluding hydrogens is 170 g/mol. The van der Waals surface area contributed by atoms with Crippen molar-refractivity contribution in [3.8, 4) is 0 Å². The van der Waals surface area contributed by atoms with Crippen molar-refractivity contribution in [1.82, 2.24) is 5.32 Å². The van der Waals surface area contributed by atoms with Crippen molar-refractivity contribution in [2.24, 2.45) is 0 Å². The Morgan fingerprint density at radius 3 is 2.57 bits per heavy atom. The van der Waals surface area contributed by atoms with Crippen molar-refractivity contribution in [3.63, 3.8) is 0 Å². The van der Waals surface area contributed by atoms with Gasteiger partial charge >= 0.3 is 0 Å². The van der Waals surface area contributed by atoms with E-state index >= 15 is 0 Å². The molecule has 1 heterocycles. The van der Waals surface area contributed by atoms with Crippen molar-refractivity contribution in [3.05, 3.63) is 35.4 Å². The first-order valence-corrected chi connectivity index (χ1v) is 5.74. The molecule has 1 fully saturated rings. The molecule has 1 aliphatic carbocycles. The Balaban J connectivity index is 0.000000354. The Morgan fingerprint density at radius 1 is 1.14 bits per heavy atom. The van der Waals surface area contributed by atoms with Crippen LogP contribution < -0.4 is 5.32 Å². The van der Waals surface area contributed by atoms with Gasteiger partial charge in [0.2, 0.25) is 0 Å². The average molecular weight is 189 g/mol. The summed E-state index contributed by atoms with van der Waals surface area (Å²) in [7, 11) is 0. The second-order valence-corrected chi connectivity index (χ2v) is 3.92. The minimum Gasteiger partial charge on any atom is -0.307 e. The van der Waals surface area contributed by atoms with Gasteiger partial charge in [-0.1, -0.05) is 38.1 Å². The van der Waals surface area contributed by atoms with Crippen molar-refractivity contribution in [2.45, 2.75) is 38.6 Å². The molecule has 76 valence electrons. The molecule has 1 aromatic carbocycles. The molecule has 0 radical (unpaired) electrons. The van der Waals surface area contributed by atoms with Crippen LogP contribution in [-0.4, -0.2) is 6.54 Å². The smallest absolute Gasteiger partial charge is 0.0439 e. The zero-order valence-corrected chi connectivity index (χ0v) is 9.14. The number of hydrogen-bond acceptors (Lipinski definition) is 1. The number of benzene rings is 1. The fourth-order valence-corrected chi connectivity index (χ4v) is 2.31. The summed E-state index contributed by atoms with van der Waals surface area (Å²) in [5, 5.41) is 3.63. The SMILES string of the molecule is CC.c1ccc2c(c1)CCNC21CC1. The largest absolute Gasteiger partial charge is 0.307 e. The van der Waals surface area contributed by atoms with Crippen LogP contribution in [0.4, 0.5) is 0 Å². The molecule has 1 heteroatoms. The quantitative estimate of drug-likeness (QED) is 0.661. The zero-order chi connectivity index (χ0) is 10.0. The predicted octanol–water partition coefficient (Wildman–Crippen LogP) is 2.85.